The molecule has 0 bridgehead atoms. The van der Waals surface area contributed by atoms with Gasteiger partial charge in [0.1, 0.15) is 6.10 Å². The molecule has 84 valence electrons. The zero-order chi connectivity index (χ0) is 11.6. The van der Waals surface area contributed by atoms with E-state index in [-0.39, 0.29) is 5.02 Å². The van der Waals surface area contributed by atoms with Gasteiger partial charge in [-0.25, -0.2) is 5.90 Å². The molecule has 0 spiro atoms. The first-order valence-electron chi connectivity index (χ1n) is 4.08. The van der Waals surface area contributed by atoms with Gasteiger partial charge in [-0.05, 0) is 24.6 Å². The van der Waals surface area contributed by atoms with Gasteiger partial charge in [-0.3, -0.25) is 4.84 Å². The van der Waals surface area contributed by atoms with Crippen molar-refractivity contribution < 1.29 is 18.0 Å². The molecule has 0 heterocycles. The molecule has 6 heteroatoms. The first-order chi connectivity index (χ1) is 6.86. The van der Waals surface area contributed by atoms with Gasteiger partial charge in [-0.15, -0.1) is 0 Å². The normalized spacial score (nSPS) is 14.0. The highest BCUT2D eigenvalue weighted by Gasteiger charge is 2.33. The largest absolute Gasteiger partial charge is 0.417 e. The lowest BCUT2D eigenvalue weighted by molar-refractivity contribution is -0.137. The fraction of sp³-hybridized carbons (Fsp3) is 0.333. The van der Waals surface area contributed by atoms with Crippen molar-refractivity contribution in [1.82, 2.24) is 0 Å². The molecule has 1 rings (SSSR count). The smallest absolute Gasteiger partial charge is 0.297 e. The van der Waals surface area contributed by atoms with E-state index in [9.17, 15) is 13.2 Å². The maximum absolute atomic E-state index is 12.4. The van der Waals surface area contributed by atoms with Crippen molar-refractivity contribution in [3.63, 3.8) is 0 Å². The fourth-order valence-corrected chi connectivity index (χ4v) is 1.32. The van der Waals surface area contributed by atoms with Gasteiger partial charge >= 0.3 is 6.18 Å². The zero-order valence-corrected chi connectivity index (χ0v) is 8.56. The standard InChI is InChI=1S/C9H9ClF3NO/c1-5(15-14)6-2-3-8(10)7(4-6)9(11,12)13/h2-5H,14H2,1H3. The molecule has 1 unspecified atom stereocenters. The van der Waals surface area contributed by atoms with Crippen molar-refractivity contribution >= 4 is 11.6 Å². The molecule has 2 N–H and O–H groups in total. The second-order valence-electron chi connectivity index (χ2n) is 3.02. The maximum Gasteiger partial charge on any atom is 0.417 e. The van der Waals surface area contributed by atoms with Crippen LogP contribution in [-0.4, -0.2) is 0 Å². The lowest BCUT2D eigenvalue weighted by Crippen LogP contribution is -2.10. The Balaban J connectivity index is 3.17. The molecule has 0 aliphatic heterocycles. The van der Waals surface area contributed by atoms with Gasteiger partial charge in [-0.2, -0.15) is 13.2 Å². The second-order valence-corrected chi connectivity index (χ2v) is 3.42. The summed E-state index contributed by atoms with van der Waals surface area (Å²) in [5.74, 6) is 4.89. The van der Waals surface area contributed by atoms with E-state index >= 15 is 0 Å². The topological polar surface area (TPSA) is 35.2 Å². The number of nitrogens with two attached hydrogens (primary N) is 1. The van der Waals surface area contributed by atoms with Crippen LogP contribution in [-0.2, 0) is 11.0 Å². The Kier molecular flexibility index (Phi) is 3.59. The number of hydrogen-bond donors (Lipinski definition) is 1. The van der Waals surface area contributed by atoms with E-state index in [1.807, 2.05) is 0 Å². The minimum atomic E-state index is -4.47. The molecule has 2 nitrogen and oxygen atoms in total. The van der Waals surface area contributed by atoms with Crippen LogP contribution in [0.15, 0.2) is 18.2 Å². The minimum Gasteiger partial charge on any atom is -0.297 e. The third kappa shape index (κ3) is 2.84. The number of benzene rings is 1. The van der Waals surface area contributed by atoms with Gasteiger partial charge in [0.15, 0.2) is 0 Å². The number of rotatable bonds is 2. The summed E-state index contributed by atoms with van der Waals surface area (Å²) in [6.07, 6.45) is -5.08. The average molecular weight is 240 g/mol. The van der Waals surface area contributed by atoms with Crippen molar-refractivity contribution in [2.75, 3.05) is 0 Å². The first kappa shape index (κ1) is 12.3. The molecule has 0 amide bonds. The van der Waals surface area contributed by atoms with Gasteiger partial charge in [0.2, 0.25) is 0 Å². The molecular weight excluding hydrogens is 231 g/mol. The molecule has 15 heavy (non-hydrogen) atoms. The van der Waals surface area contributed by atoms with Crippen molar-refractivity contribution in [3.8, 4) is 0 Å². The van der Waals surface area contributed by atoms with E-state index in [1.54, 1.807) is 6.92 Å². The van der Waals surface area contributed by atoms with Gasteiger partial charge in [-0.1, -0.05) is 17.7 Å². The Bertz CT molecular complexity index is 354. The van der Waals surface area contributed by atoms with Crippen LogP contribution in [0.5, 0.6) is 0 Å². The first-order valence-corrected chi connectivity index (χ1v) is 4.46. The average Bonchev–Trinajstić information content (AvgIpc) is 2.15. The lowest BCUT2D eigenvalue weighted by atomic mass is 10.1. The zero-order valence-electron chi connectivity index (χ0n) is 7.81. The quantitative estimate of drug-likeness (QED) is 0.804. The predicted octanol–water partition coefficient (Wildman–Crippen LogP) is 3.31. The van der Waals surface area contributed by atoms with E-state index in [0.29, 0.717) is 5.56 Å². The fourth-order valence-electron chi connectivity index (χ4n) is 1.09. The lowest BCUT2D eigenvalue weighted by Gasteiger charge is -2.13. The van der Waals surface area contributed by atoms with Crippen LogP contribution in [0.25, 0.3) is 0 Å². The van der Waals surface area contributed by atoms with Gasteiger partial charge in [0.25, 0.3) is 0 Å². The van der Waals surface area contributed by atoms with Crippen LogP contribution < -0.4 is 5.90 Å². The second kappa shape index (κ2) is 4.38. The molecule has 1 aromatic carbocycles. The van der Waals surface area contributed by atoms with Crippen LogP contribution in [0, 0.1) is 0 Å². The molecule has 1 aromatic rings. The molecule has 0 aliphatic rings. The summed E-state index contributed by atoms with van der Waals surface area (Å²) >= 11 is 5.44. The molecule has 0 aliphatic carbocycles. The predicted molar refractivity (Wildman–Crippen MR) is 50.1 cm³/mol. The van der Waals surface area contributed by atoms with Crippen molar-refractivity contribution in [2.24, 2.45) is 5.90 Å². The van der Waals surface area contributed by atoms with E-state index in [0.717, 1.165) is 6.07 Å². The molecule has 0 aromatic heterocycles. The SMILES string of the molecule is CC(ON)c1ccc(Cl)c(C(F)(F)F)c1. The molecule has 1 atom stereocenters. The van der Waals surface area contributed by atoms with Gasteiger partial charge in [0.05, 0.1) is 10.6 Å². The Labute approximate surface area is 89.7 Å². The molecule has 0 fully saturated rings. The Morgan fingerprint density at radius 3 is 2.47 bits per heavy atom. The summed E-state index contributed by atoms with van der Waals surface area (Å²) in [6, 6.07) is 3.55. The van der Waals surface area contributed by atoms with E-state index in [4.69, 9.17) is 17.5 Å². The van der Waals surface area contributed by atoms with Crippen LogP contribution in [0.1, 0.15) is 24.2 Å². The van der Waals surface area contributed by atoms with Crippen molar-refractivity contribution in [1.29, 1.82) is 0 Å². The molecule has 0 radical (unpaired) electrons. The van der Waals surface area contributed by atoms with E-state index in [1.165, 1.54) is 12.1 Å². The van der Waals surface area contributed by atoms with Crippen LogP contribution in [0.4, 0.5) is 13.2 Å². The molecule has 0 saturated heterocycles. The van der Waals surface area contributed by atoms with E-state index < -0.39 is 17.8 Å². The maximum atomic E-state index is 12.4. The van der Waals surface area contributed by atoms with Crippen molar-refractivity contribution in [2.45, 2.75) is 19.2 Å². The van der Waals surface area contributed by atoms with Gasteiger partial charge < -0.3 is 0 Å². The monoisotopic (exact) mass is 239 g/mol. The number of alkyl halides is 3. The Morgan fingerprint density at radius 1 is 1.40 bits per heavy atom. The highest BCUT2D eigenvalue weighted by molar-refractivity contribution is 6.31. The molecule has 0 saturated carbocycles. The summed E-state index contributed by atoms with van der Waals surface area (Å²) in [5.41, 5.74) is -0.556. The summed E-state index contributed by atoms with van der Waals surface area (Å²) in [5, 5.41) is -0.338. The molecular formula is C9H9ClF3NO. The Hall–Kier alpha value is -0.780. The summed E-state index contributed by atoms with van der Waals surface area (Å²) in [6.45, 7) is 1.55. The number of halogens is 4. The van der Waals surface area contributed by atoms with Crippen LogP contribution in [0.3, 0.4) is 0 Å². The van der Waals surface area contributed by atoms with Crippen LogP contribution in [0.2, 0.25) is 5.02 Å². The third-order valence-electron chi connectivity index (χ3n) is 1.97. The summed E-state index contributed by atoms with van der Waals surface area (Å²) in [7, 11) is 0. The minimum absolute atomic E-state index is 0.328. The van der Waals surface area contributed by atoms with Crippen molar-refractivity contribution in [3.05, 3.63) is 34.3 Å². The summed E-state index contributed by atoms with van der Waals surface area (Å²) in [4.78, 5) is 4.43. The van der Waals surface area contributed by atoms with Gasteiger partial charge in [0, 0.05) is 0 Å². The van der Waals surface area contributed by atoms with Crippen LogP contribution >= 0.6 is 11.6 Å². The Morgan fingerprint density at radius 2 is 2.00 bits per heavy atom. The highest BCUT2D eigenvalue weighted by Crippen LogP contribution is 2.36. The van der Waals surface area contributed by atoms with E-state index in [2.05, 4.69) is 4.84 Å². The highest BCUT2D eigenvalue weighted by atomic mass is 35.5. The number of hydrogen-bond acceptors (Lipinski definition) is 2. The third-order valence-corrected chi connectivity index (χ3v) is 2.30. The summed E-state index contributed by atoms with van der Waals surface area (Å²) < 4.78 is 37.3.